The second-order valence-electron chi connectivity index (χ2n) is 4.66. The topological polar surface area (TPSA) is 61.8 Å². The van der Waals surface area contributed by atoms with Gasteiger partial charge in [-0.05, 0) is 30.3 Å². The maximum atomic E-state index is 13.5. The number of halogens is 2. The predicted octanol–water partition coefficient (Wildman–Crippen LogP) is 3.02. The first-order chi connectivity index (χ1) is 11.5. The summed E-state index contributed by atoms with van der Waals surface area (Å²) in [6.45, 7) is -0.750. The van der Waals surface area contributed by atoms with Crippen LogP contribution in [0.2, 0.25) is 0 Å². The van der Waals surface area contributed by atoms with E-state index < -0.39 is 35.6 Å². The fourth-order valence-corrected chi connectivity index (χ4v) is 2.04. The Bertz CT molecular complexity index is 751. The summed E-state index contributed by atoms with van der Waals surface area (Å²) in [6, 6.07) is 7.11. The molecule has 0 heterocycles. The molecule has 0 aliphatic heterocycles. The molecule has 0 radical (unpaired) electrons. The average Bonchev–Trinajstić information content (AvgIpc) is 2.60. The molecule has 0 bridgehead atoms. The maximum Gasteiger partial charge on any atom is 0.346 e. The Labute approximate surface area is 136 Å². The van der Waals surface area contributed by atoms with E-state index in [1.165, 1.54) is 26.4 Å². The van der Waals surface area contributed by atoms with Gasteiger partial charge < -0.3 is 14.2 Å². The molecular weight excluding hydrogens is 322 g/mol. The van der Waals surface area contributed by atoms with Crippen LogP contribution in [0, 0.1) is 11.6 Å². The normalized spacial score (nSPS) is 10.2. The number of esters is 1. The summed E-state index contributed by atoms with van der Waals surface area (Å²) < 4.78 is 41.7. The largest absolute Gasteiger partial charge is 0.496 e. The number of hydrogen-bond donors (Lipinski definition) is 0. The van der Waals surface area contributed by atoms with E-state index in [-0.39, 0.29) is 17.1 Å². The summed E-state index contributed by atoms with van der Waals surface area (Å²) in [4.78, 5) is 24.1. The molecule has 0 fully saturated rings. The third-order valence-corrected chi connectivity index (χ3v) is 3.20. The molecule has 0 aliphatic carbocycles. The SMILES string of the molecule is COc1cccc(OC)c1C(=O)OCC(=O)c1cc(F)ccc1F. The Morgan fingerprint density at radius 3 is 2.21 bits per heavy atom. The molecule has 0 unspecified atom stereocenters. The van der Waals surface area contributed by atoms with E-state index >= 15 is 0 Å². The molecule has 0 aromatic heterocycles. The molecule has 7 heteroatoms. The van der Waals surface area contributed by atoms with Gasteiger partial charge in [0, 0.05) is 0 Å². The van der Waals surface area contributed by atoms with Crippen molar-refractivity contribution in [3.8, 4) is 11.5 Å². The summed E-state index contributed by atoms with van der Waals surface area (Å²) in [5, 5.41) is 0. The standard InChI is InChI=1S/C17H14F2O5/c1-22-14-4-3-5-15(23-2)16(14)17(21)24-9-13(20)11-8-10(18)6-7-12(11)19/h3-8H,9H2,1-2H3. The third kappa shape index (κ3) is 3.68. The molecule has 0 saturated carbocycles. The first kappa shape index (κ1) is 17.4. The number of carbonyl (C=O) groups is 2. The quantitative estimate of drug-likeness (QED) is 0.599. The maximum absolute atomic E-state index is 13.5. The molecule has 2 rings (SSSR count). The molecule has 0 amide bonds. The van der Waals surface area contributed by atoms with Crippen LogP contribution in [0.3, 0.4) is 0 Å². The number of rotatable bonds is 6. The van der Waals surface area contributed by atoms with Crippen LogP contribution in [-0.2, 0) is 4.74 Å². The van der Waals surface area contributed by atoms with Gasteiger partial charge in [0.25, 0.3) is 0 Å². The van der Waals surface area contributed by atoms with Crippen molar-refractivity contribution >= 4 is 11.8 Å². The molecule has 0 N–H and O–H groups in total. The molecular formula is C17H14F2O5. The van der Waals surface area contributed by atoms with Gasteiger partial charge in [-0.1, -0.05) is 6.07 Å². The van der Waals surface area contributed by atoms with Crippen LogP contribution in [0.4, 0.5) is 8.78 Å². The molecule has 0 aliphatic rings. The fraction of sp³-hybridized carbons (Fsp3) is 0.176. The molecule has 2 aromatic rings. The van der Waals surface area contributed by atoms with Crippen molar-refractivity contribution in [2.45, 2.75) is 0 Å². The monoisotopic (exact) mass is 336 g/mol. The Morgan fingerprint density at radius 1 is 1.00 bits per heavy atom. The van der Waals surface area contributed by atoms with Gasteiger partial charge in [0.05, 0.1) is 19.8 Å². The van der Waals surface area contributed by atoms with Crippen LogP contribution < -0.4 is 9.47 Å². The van der Waals surface area contributed by atoms with Crippen molar-refractivity contribution < 1.29 is 32.6 Å². The Balaban J connectivity index is 2.16. The van der Waals surface area contributed by atoms with Crippen molar-refractivity contribution in [3.63, 3.8) is 0 Å². The zero-order chi connectivity index (χ0) is 17.7. The first-order valence-electron chi connectivity index (χ1n) is 6.84. The van der Waals surface area contributed by atoms with Gasteiger partial charge in [-0.3, -0.25) is 4.79 Å². The van der Waals surface area contributed by atoms with Gasteiger partial charge in [-0.25, -0.2) is 13.6 Å². The average molecular weight is 336 g/mol. The Hall–Kier alpha value is -2.96. The second kappa shape index (κ2) is 7.54. The highest BCUT2D eigenvalue weighted by atomic mass is 19.1. The van der Waals surface area contributed by atoms with Crippen molar-refractivity contribution in [2.75, 3.05) is 20.8 Å². The number of Topliss-reactive ketones (excluding diaryl/α,β-unsaturated/α-hetero) is 1. The van der Waals surface area contributed by atoms with Gasteiger partial charge in [0.1, 0.15) is 28.7 Å². The minimum atomic E-state index is -0.896. The van der Waals surface area contributed by atoms with Crippen molar-refractivity contribution in [3.05, 3.63) is 59.2 Å². The lowest BCUT2D eigenvalue weighted by atomic mass is 10.1. The van der Waals surface area contributed by atoms with E-state index in [4.69, 9.17) is 14.2 Å². The van der Waals surface area contributed by atoms with E-state index in [0.29, 0.717) is 0 Å². The minimum absolute atomic E-state index is 0.00462. The van der Waals surface area contributed by atoms with E-state index in [2.05, 4.69) is 0 Å². The van der Waals surface area contributed by atoms with Crippen LogP contribution in [0.25, 0.3) is 0 Å². The zero-order valence-electron chi connectivity index (χ0n) is 13.0. The smallest absolute Gasteiger partial charge is 0.346 e. The van der Waals surface area contributed by atoms with Gasteiger partial charge in [-0.2, -0.15) is 0 Å². The second-order valence-corrected chi connectivity index (χ2v) is 4.66. The van der Waals surface area contributed by atoms with Gasteiger partial charge in [0.15, 0.2) is 6.61 Å². The summed E-state index contributed by atoms with van der Waals surface area (Å²) >= 11 is 0. The van der Waals surface area contributed by atoms with Crippen molar-refractivity contribution in [1.29, 1.82) is 0 Å². The summed E-state index contributed by atoms with van der Waals surface area (Å²) in [7, 11) is 2.72. The van der Waals surface area contributed by atoms with Crippen molar-refractivity contribution in [2.24, 2.45) is 0 Å². The summed E-state index contributed by atoms with van der Waals surface area (Å²) in [5.41, 5.74) is -0.496. The highest BCUT2D eigenvalue weighted by Crippen LogP contribution is 2.28. The molecule has 0 saturated heterocycles. The molecule has 126 valence electrons. The first-order valence-corrected chi connectivity index (χ1v) is 6.84. The molecule has 0 spiro atoms. The summed E-state index contributed by atoms with van der Waals surface area (Å²) in [6.07, 6.45) is 0. The molecule has 2 aromatic carbocycles. The van der Waals surface area contributed by atoms with Crippen LogP contribution >= 0.6 is 0 Å². The fourth-order valence-electron chi connectivity index (χ4n) is 2.04. The summed E-state index contributed by atoms with van der Waals surface area (Å²) in [5.74, 6) is -3.01. The van der Waals surface area contributed by atoms with Gasteiger partial charge in [0.2, 0.25) is 5.78 Å². The highest BCUT2D eigenvalue weighted by molar-refractivity contribution is 6.01. The lowest BCUT2D eigenvalue weighted by Gasteiger charge is -2.12. The number of benzene rings is 2. The number of ether oxygens (including phenoxy) is 3. The van der Waals surface area contributed by atoms with Crippen molar-refractivity contribution in [1.82, 2.24) is 0 Å². The number of hydrogen-bond acceptors (Lipinski definition) is 5. The lowest BCUT2D eigenvalue weighted by Crippen LogP contribution is -2.16. The van der Waals surface area contributed by atoms with E-state index in [9.17, 15) is 18.4 Å². The van der Waals surface area contributed by atoms with Crippen LogP contribution in [-0.4, -0.2) is 32.6 Å². The van der Waals surface area contributed by atoms with Crippen LogP contribution in [0.5, 0.6) is 11.5 Å². The Kier molecular flexibility index (Phi) is 5.47. The molecule has 5 nitrogen and oxygen atoms in total. The van der Waals surface area contributed by atoms with Gasteiger partial charge >= 0.3 is 5.97 Å². The van der Waals surface area contributed by atoms with Crippen LogP contribution in [0.1, 0.15) is 20.7 Å². The molecule has 0 atom stereocenters. The third-order valence-electron chi connectivity index (χ3n) is 3.20. The number of methoxy groups -OCH3 is 2. The van der Waals surface area contributed by atoms with Crippen LogP contribution in [0.15, 0.2) is 36.4 Å². The van der Waals surface area contributed by atoms with E-state index in [1.54, 1.807) is 6.07 Å². The highest BCUT2D eigenvalue weighted by Gasteiger charge is 2.22. The Morgan fingerprint density at radius 2 is 1.62 bits per heavy atom. The lowest BCUT2D eigenvalue weighted by molar-refractivity contribution is 0.0467. The van der Waals surface area contributed by atoms with E-state index in [0.717, 1.165) is 18.2 Å². The van der Waals surface area contributed by atoms with Gasteiger partial charge in [-0.15, -0.1) is 0 Å². The zero-order valence-corrected chi connectivity index (χ0v) is 13.0. The molecule has 24 heavy (non-hydrogen) atoms. The predicted molar refractivity (Wildman–Crippen MR) is 80.5 cm³/mol. The minimum Gasteiger partial charge on any atom is -0.496 e. The van der Waals surface area contributed by atoms with E-state index in [1.807, 2.05) is 0 Å². The number of ketones is 1. The number of carbonyl (C=O) groups excluding carboxylic acids is 2.